The summed E-state index contributed by atoms with van der Waals surface area (Å²) in [6.45, 7) is 3.33. The highest BCUT2D eigenvalue weighted by Crippen LogP contribution is 2.30. The Morgan fingerprint density at radius 1 is 0.950 bits per heavy atom. The number of rotatable bonds is 3. The van der Waals surface area contributed by atoms with E-state index in [9.17, 15) is 13.9 Å². The zero-order chi connectivity index (χ0) is 14.9. The fourth-order valence-electron chi connectivity index (χ4n) is 2.14. The summed E-state index contributed by atoms with van der Waals surface area (Å²) in [5.74, 6) is -0.713. The van der Waals surface area contributed by atoms with Gasteiger partial charge in [0.2, 0.25) is 0 Å². The SMILES string of the molecule is COc1ccc(C(O)c2cc(C)c(F)cc2F)c(C)c1. The number of halogens is 2. The highest BCUT2D eigenvalue weighted by atomic mass is 19.1. The first-order valence-corrected chi connectivity index (χ1v) is 6.22. The van der Waals surface area contributed by atoms with E-state index in [1.807, 2.05) is 0 Å². The summed E-state index contributed by atoms with van der Waals surface area (Å²) >= 11 is 0. The first-order chi connectivity index (χ1) is 9.43. The number of benzene rings is 2. The van der Waals surface area contributed by atoms with Crippen LogP contribution < -0.4 is 4.74 Å². The van der Waals surface area contributed by atoms with Gasteiger partial charge in [0.15, 0.2) is 0 Å². The Hall–Kier alpha value is -1.94. The summed E-state index contributed by atoms with van der Waals surface area (Å²) in [7, 11) is 1.55. The van der Waals surface area contributed by atoms with Crippen LogP contribution in [0, 0.1) is 25.5 Å². The molecule has 0 amide bonds. The molecule has 0 aromatic heterocycles. The highest BCUT2D eigenvalue weighted by molar-refractivity contribution is 5.41. The van der Waals surface area contributed by atoms with Gasteiger partial charge in [-0.3, -0.25) is 0 Å². The Morgan fingerprint density at radius 3 is 2.25 bits per heavy atom. The lowest BCUT2D eigenvalue weighted by molar-refractivity contribution is 0.213. The predicted molar refractivity (Wildman–Crippen MR) is 72.9 cm³/mol. The molecule has 0 radical (unpaired) electrons. The number of hydrogen-bond acceptors (Lipinski definition) is 2. The van der Waals surface area contributed by atoms with Crippen molar-refractivity contribution in [3.63, 3.8) is 0 Å². The minimum absolute atomic E-state index is 0.0668. The molecule has 1 atom stereocenters. The van der Waals surface area contributed by atoms with Crippen molar-refractivity contribution in [1.29, 1.82) is 0 Å². The average Bonchev–Trinajstić information content (AvgIpc) is 2.42. The van der Waals surface area contributed by atoms with E-state index in [0.29, 0.717) is 16.9 Å². The van der Waals surface area contributed by atoms with E-state index in [4.69, 9.17) is 4.74 Å². The van der Waals surface area contributed by atoms with E-state index in [-0.39, 0.29) is 5.56 Å². The maximum atomic E-state index is 13.8. The van der Waals surface area contributed by atoms with E-state index in [2.05, 4.69) is 0 Å². The van der Waals surface area contributed by atoms with Crippen molar-refractivity contribution in [2.75, 3.05) is 7.11 Å². The minimum atomic E-state index is -1.14. The monoisotopic (exact) mass is 278 g/mol. The van der Waals surface area contributed by atoms with Crippen LogP contribution in [0.15, 0.2) is 30.3 Å². The van der Waals surface area contributed by atoms with Crippen molar-refractivity contribution in [2.24, 2.45) is 0 Å². The molecule has 0 fully saturated rings. The zero-order valence-corrected chi connectivity index (χ0v) is 11.6. The Kier molecular flexibility index (Phi) is 4.04. The number of aliphatic hydroxyl groups excluding tert-OH is 1. The molecule has 2 nitrogen and oxygen atoms in total. The van der Waals surface area contributed by atoms with Gasteiger partial charge in [0.25, 0.3) is 0 Å². The van der Waals surface area contributed by atoms with Crippen molar-refractivity contribution < 1.29 is 18.6 Å². The highest BCUT2D eigenvalue weighted by Gasteiger charge is 2.19. The quantitative estimate of drug-likeness (QED) is 0.928. The first-order valence-electron chi connectivity index (χ1n) is 6.22. The maximum Gasteiger partial charge on any atom is 0.132 e. The molecule has 2 rings (SSSR count). The van der Waals surface area contributed by atoms with Gasteiger partial charge in [0.1, 0.15) is 23.5 Å². The second kappa shape index (κ2) is 5.59. The standard InChI is InChI=1S/C16H16F2O2/c1-9-6-11(20-3)4-5-12(9)16(19)13-7-10(2)14(17)8-15(13)18/h4-8,16,19H,1-3H3. The molecular formula is C16H16F2O2. The maximum absolute atomic E-state index is 13.8. The van der Waals surface area contributed by atoms with Crippen LogP contribution in [-0.2, 0) is 0 Å². The number of methoxy groups -OCH3 is 1. The second-order valence-electron chi connectivity index (χ2n) is 4.75. The van der Waals surface area contributed by atoms with E-state index in [1.54, 1.807) is 32.2 Å². The normalized spacial score (nSPS) is 12.3. The largest absolute Gasteiger partial charge is 0.497 e. The summed E-state index contributed by atoms with van der Waals surface area (Å²) in [4.78, 5) is 0. The predicted octanol–water partition coefficient (Wildman–Crippen LogP) is 3.67. The van der Waals surface area contributed by atoms with Gasteiger partial charge in [-0.2, -0.15) is 0 Å². The van der Waals surface area contributed by atoms with Crippen LogP contribution in [0.4, 0.5) is 8.78 Å². The first kappa shape index (κ1) is 14.5. The Bertz CT molecular complexity index is 639. The summed E-state index contributed by atoms with van der Waals surface area (Å²) < 4.78 is 32.2. The van der Waals surface area contributed by atoms with E-state index >= 15 is 0 Å². The Balaban J connectivity index is 2.46. The number of hydrogen-bond donors (Lipinski definition) is 1. The van der Waals surface area contributed by atoms with Crippen LogP contribution in [0.1, 0.15) is 28.4 Å². The Morgan fingerprint density at radius 2 is 1.65 bits per heavy atom. The number of aryl methyl sites for hydroxylation is 2. The third-order valence-electron chi connectivity index (χ3n) is 3.34. The van der Waals surface area contributed by atoms with Crippen LogP contribution in [0.25, 0.3) is 0 Å². The van der Waals surface area contributed by atoms with Gasteiger partial charge >= 0.3 is 0 Å². The van der Waals surface area contributed by atoms with E-state index < -0.39 is 17.7 Å². The molecule has 0 saturated heterocycles. The number of aliphatic hydroxyl groups is 1. The van der Waals surface area contributed by atoms with Crippen LogP contribution >= 0.6 is 0 Å². The molecule has 2 aromatic carbocycles. The van der Waals surface area contributed by atoms with Crippen LogP contribution in [-0.4, -0.2) is 12.2 Å². The van der Waals surface area contributed by atoms with Crippen molar-refractivity contribution in [3.8, 4) is 5.75 Å². The Labute approximate surface area is 116 Å². The second-order valence-corrected chi connectivity index (χ2v) is 4.75. The fraction of sp³-hybridized carbons (Fsp3) is 0.250. The van der Waals surface area contributed by atoms with Crippen molar-refractivity contribution in [1.82, 2.24) is 0 Å². The molecule has 0 saturated carbocycles. The van der Waals surface area contributed by atoms with Crippen molar-refractivity contribution in [3.05, 3.63) is 64.2 Å². The third kappa shape index (κ3) is 2.65. The molecule has 0 aliphatic rings. The lowest BCUT2D eigenvalue weighted by Crippen LogP contribution is -2.06. The molecular weight excluding hydrogens is 262 g/mol. The molecule has 0 heterocycles. The number of ether oxygens (including phenoxy) is 1. The minimum Gasteiger partial charge on any atom is -0.497 e. The van der Waals surface area contributed by atoms with E-state index in [0.717, 1.165) is 11.6 Å². The molecule has 2 aromatic rings. The fourth-order valence-corrected chi connectivity index (χ4v) is 2.14. The average molecular weight is 278 g/mol. The lowest BCUT2D eigenvalue weighted by atomic mass is 9.95. The molecule has 1 unspecified atom stereocenters. The van der Waals surface area contributed by atoms with Crippen molar-refractivity contribution in [2.45, 2.75) is 20.0 Å². The zero-order valence-electron chi connectivity index (χ0n) is 11.6. The summed E-state index contributed by atoms with van der Waals surface area (Å²) in [5.41, 5.74) is 1.71. The van der Waals surface area contributed by atoms with Gasteiger partial charge in [-0.1, -0.05) is 6.07 Å². The molecule has 0 aliphatic carbocycles. The molecule has 20 heavy (non-hydrogen) atoms. The van der Waals surface area contributed by atoms with Crippen LogP contribution in [0.2, 0.25) is 0 Å². The van der Waals surface area contributed by atoms with Gasteiger partial charge in [-0.05, 0) is 48.7 Å². The molecule has 0 aliphatic heterocycles. The van der Waals surface area contributed by atoms with Gasteiger partial charge in [0, 0.05) is 11.6 Å². The summed E-state index contributed by atoms with van der Waals surface area (Å²) in [6, 6.07) is 7.26. The molecule has 106 valence electrons. The molecule has 0 bridgehead atoms. The molecule has 0 spiro atoms. The topological polar surface area (TPSA) is 29.5 Å². The van der Waals surface area contributed by atoms with Gasteiger partial charge in [-0.25, -0.2) is 8.78 Å². The lowest BCUT2D eigenvalue weighted by Gasteiger charge is -2.16. The van der Waals surface area contributed by atoms with E-state index in [1.165, 1.54) is 13.0 Å². The van der Waals surface area contributed by atoms with Crippen LogP contribution in [0.3, 0.4) is 0 Å². The van der Waals surface area contributed by atoms with Gasteiger partial charge < -0.3 is 9.84 Å². The summed E-state index contributed by atoms with van der Waals surface area (Å²) in [5, 5.41) is 10.3. The third-order valence-corrected chi connectivity index (χ3v) is 3.34. The molecule has 4 heteroatoms. The van der Waals surface area contributed by atoms with Gasteiger partial charge in [0.05, 0.1) is 7.11 Å². The summed E-state index contributed by atoms with van der Waals surface area (Å²) in [6.07, 6.45) is -1.14. The molecule has 1 N–H and O–H groups in total. The smallest absolute Gasteiger partial charge is 0.132 e. The van der Waals surface area contributed by atoms with Crippen molar-refractivity contribution >= 4 is 0 Å². The van der Waals surface area contributed by atoms with Crippen LogP contribution in [0.5, 0.6) is 5.75 Å². The van der Waals surface area contributed by atoms with Gasteiger partial charge in [-0.15, -0.1) is 0 Å².